The van der Waals surface area contributed by atoms with Gasteiger partial charge in [0.15, 0.2) is 5.96 Å². The number of benzene rings is 4. The number of amides is 1. The maximum absolute atomic E-state index is 13.7. The van der Waals surface area contributed by atoms with E-state index in [0.29, 0.717) is 13.1 Å². The molecule has 0 radical (unpaired) electrons. The Morgan fingerprint density at radius 2 is 1.70 bits per heavy atom. The second-order valence-electron chi connectivity index (χ2n) is 11.0. The number of H-pyrrole nitrogens is 1. The lowest BCUT2D eigenvalue weighted by molar-refractivity contribution is -0.122. The molecule has 2 unspecified atom stereocenters. The van der Waals surface area contributed by atoms with Crippen molar-refractivity contribution in [2.45, 2.75) is 30.2 Å². The summed E-state index contributed by atoms with van der Waals surface area (Å²) in [5, 5.41) is 15.5. The largest absolute Gasteiger partial charge is 0.370 e. The molecule has 1 fully saturated rings. The Kier molecular flexibility index (Phi) is 8.91. The molecule has 0 bridgehead atoms. The Morgan fingerprint density at radius 1 is 1.00 bits per heavy atom. The van der Waals surface area contributed by atoms with Gasteiger partial charge in [-0.3, -0.25) is 10.2 Å². The molecule has 1 amide bonds. The van der Waals surface area contributed by atoms with Gasteiger partial charge in [-0.2, -0.15) is 4.72 Å². The summed E-state index contributed by atoms with van der Waals surface area (Å²) in [7, 11) is -4.04. The van der Waals surface area contributed by atoms with E-state index in [9.17, 15) is 13.2 Å². The molecule has 1 saturated heterocycles. The van der Waals surface area contributed by atoms with Crippen LogP contribution in [-0.2, 0) is 21.2 Å². The average molecular weight is 619 g/mol. The van der Waals surface area contributed by atoms with Crippen LogP contribution >= 0.6 is 12.4 Å². The molecule has 11 heteroatoms. The molecule has 2 heterocycles. The van der Waals surface area contributed by atoms with Gasteiger partial charge < -0.3 is 20.9 Å². The number of nitrogens with zero attached hydrogens (tertiary/aromatic N) is 1. The highest BCUT2D eigenvalue weighted by molar-refractivity contribution is 7.89. The summed E-state index contributed by atoms with van der Waals surface area (Å²) in [6.45, 7) is 1.68. The number of carbonyl (C=O) groups excluding carboxylic acids is 1. The molecule has 0 spiro atoms. The van der Waals surface area contributed by atoms with Gasteiger partial charge in [0.2, 0.25) is 15.9 Å². The van der Waals surface area contributed by atoms with E-state index in [1.807, 2.05) is 66.9 Å². The van der Waals surface area contributed by atoms with Crippen LogP contribution < -0.4 is 15.8 Å². The molecular weight excluding hydrogens is 584 g/mol. The number of para-hydroxylation sites is 1. The third kappa shape index (κ3) is 6.61. The maximum Gasteiger partial charge on any atom is 0.241 e. The number of carbonyl (C=O) groups is 1. The van der Waals surface area contributed by atoms with Crippen molar-refractivity contribution in [3.05, 3.63) is 90.6 Å². The Hall–Kier alpha value is -4.12. The van der Waals surface area contributed by atoms with Crippen LogP contribution in [0.1, 0.15) is 18.4 Å². The van der Waals surface area contributed by atoms with Crippen LogP contribution in [0, 0.1) is 11.3 Å². The Morgan fingerprint density at radius 3 is 2.47 bits per heavy atom. The minimum absolute atomic E-state index is 0. The van der Waals surface area contributed by atoms with E-state index < -0.39 is 22.0 Å². The summed E-state index contributed by atoms with van der Waals surface area (Å²) in [5.41, 5.74) is 7.45. The van der Waals surface area contributed by atoms with E-state index in [4.69, 9.17) is 11.1 Å². The summed E-state index contributed by atoms with van der Waals surface area (Å²) in [6, 6.07) is 23.7. The molecule has 43 heavy (non-hydrogen) atoms. The van der Waals surface area contributed by atoms with E-state index in [0.717, 1.165) is 57.4 Å². The number of aromatic amines is 1. The van der Waals surface area contributed by atoms with Crippen molar-refractivity contribution in [3.8, 4) is 0 Å². The van der Waals surface area contributed by atoms with Gasteiger partial charge in [-0.25, -0.2) is 8.42 Å². The monoisotopic (exact) mass is 618 g/mol. The predicted octanol–water partition coefficient (Wildman–Crippen LogP) is 4.51. The standard InChI is InChI=1S/C32H34N6O3S.ClH/c33-32(34)38-13-5-6-21(20-38)18-36-31(39)30(17-26-19-35-29-10-4-3-9-28(26)29)37-42(40,41)27-12-11-24-14-22-7-1-2-8-23(22)15-25(24)16-27;/h1-4,7-12,14-16,19,21,30,35,37H,5-6,13,17-18,20H2,(H3,33,34)(H,36,39);1H. The first-order valence-corrected chi connectivity index (χ1v) is 15.6. The van der Waals surface area contributed by atoms with Crippen LogP contribution in [0.25, 0.3) is 32.4 Å². The molecular formula is C32H35ClN6O3S. The lowest BCUT2D eigenvalue weighted by Crippen LogP contribution is -2.51. The van der Waals surface area contributed by atoms with E-state index in [-0.39, 0.29) is 35.6 Å². The average Bonchev–Trinajstić information content (AvgIpc) is 3.40. The highest BCUT2D eigenvalue weighted by Crippen LogP contribution is 2.26. The highest BCUT2D eigenvalue weighted by atomic mass is 35.5. The van der Waals surface area contributed by atoms with Crippen LogP contribution in [0.2, 0.25) is 0 Å². The number of rotatable bonds is 8. The summed E-state index contributed by atoms with van der Waals surface area (Å²) in [6.07, 6.45) is 3.78. The Labute approximate surface area is 256 Å². The summed E-state index contributed by atoms with van der Waals surface area (Å²) in [5.74, 6) is -0.248. The molecule has 0 aliphatic carbocycles. The van der Waals surface area contributed by atoms with Gasteiger partial charge in [-0.05, 0) is 82.6 Å². The van der Waals surface area contributed by atoms with Crippen molar-refractivity contribution in [3.63, 3.8) is 0 Å². The number of aromatic nitrogens is 1. The predicted molar refractivity (Wildman–Crippen MR) is 174 cm³/mol. The molecule has 6 rings (SSSR count). The number of hydrogen-bond acceptors (Lipinski definition) is 4. The molecule has 2 atom stereocenters. The highest BCUT2D eigenvalue weighted by Gasteiger charge is 2.29. The topological polar surface area (TPSA) is 144 Å². The first kappa shape index (κ1) is 30.3. The zero-order valence-corrected chi connectivity index (χ0v) is 25.2. The lowest BCUT2D eigenvalue weighted by atomic mass is 9.98. The molecule has 9 nitrogen and oxygen atoms in total. The number of piperidine rings is 1. The second kappa shape index (κ2) is 12.6. The van der Waals surface area contributed by atoms with Crippen molar-refractivity contribution in [2.75, 3.05) is 19.6 Å². The zero-order chi connectivity index (χ0) is 29.3. The third-order valence-electron chi connectivity index (χ3n) is 8.12. The minimum atomic E-state index is -4.04. The quantitative estimate of drug-likeness (QED) is 0.0987. The van der Waals surface area contributed by atoms with E-state index >= 15 is 0 Å². The lowest BCUT2D eigenvalue weighted by Gasteiger charge is -2.33. The van der Waals surface area contributed by atoms with E-state index in [1.54, 1.807) is 23.1 Å². The van der Waals surface area contributed by atoms with Crippen LogP contribution in [0.5, 0.6) is 0 Å². The third-order valence-corrected chi connectivity index (χ3v) is 9.59. The second-order valence-corrected chi connectivity index (χ2v) is 12.7. The number of hydrogen-bond donors (Lipinski definition) is 5. The van der Waals surface area contributed by atoms with Crippen molar-refractivity contribution in [2.24, 2.45) is 11.7 Å². The van der Waals surface area contributed by atoms with E-state index in [2.05, 4.69) is 15.0 Å². The normalized spacial score (nSPS) is 16.2. The minimum Gasteiger partial charge on any atom is -0.370 e. The molecule has 5 aromatic rings. The fourth-order valence-corrected chi connectivity index (χ4v) is 7.10. The number of likely N-dealkylation sites (tertiary alicyclic amines) is 1. The SMILES string of the molecule is Cl.N=C(N)N1CCCC(CNC(=O)C(Cc2c[nH]c3ccccc23)NS(=O)(=O)c2ccc3cc4ccccc4cc3c2)C1. The van der Waals surface area contributed by atoms with Gasteiger partial charge in [0.05, 0.1) is 4.90 Å². The Balaban J connectivity index is 0.00000368. The van der Waals surface area contributed by atoms with Crippen LogP contribution in [-0.4, -0.2) is 55.8 Å². The molecule has 1 aromatic heterocycles. The Bertz CT molecular complexity index is 1910. The number of nitrogens with one attached hydrogen (secondary N) is 4. The molecule has 1 aliphatic rings. The molecule has 0 saturated carbocycles. The number of halogens is 1. The van der Waals surface area contributed by atoms with Gasteiger partial charge in [0.25, 0.3) is 0 Å². The fraction of sp³-hybridized carbons (Fsp3) is 0.250. The van der Waals surface area contributed by atoms with Gasteiger partial charge >= 0.3 is 0 Å². The number of fused-ring (bicyclic) bond motifs is 3. The zero-order valence-electron chi connectivity index (χ0n) is 23.5. The number of nitrogens with two attached hydrogens (primary N) is 1. The maximum atomic E-state index is 13.7. The van der Waals surface area contributed by atoms with Crippen molar-refractivity contribution in [1.82, 2.24) is 19.9 Å². The van der Waals surface area contributed by atoms with Gasteiger partial charge in [0.1, 0.15) is 6.04 Å². The molecule has 224 valence electrons. The first-order valence-electron chi connectivity index (χ1n) is 14.1. The molecule has 4 aromatic carbocycles. The summed E-state index contributed by atoms with van der Waals surface area (Å²) < 4.78 is 30.2. The van der Waals surface area contributed by atoms with Gasteiger partial charge in [0, 0.05) is 36.7 Å². The van der Waals surface area contributed by atoms with Gasteiger partial charge in [-0.1, -0.05) is 48.5 Å². The fourth-order valence-electron chi connectivity index (χ4n) is 5.87. The first-order chi connectivity index (χ1) is 20.3. The van der Waals surface area contributed by atoms with Crippen molar-refractivity contribution >= 4 is 66.7 Å². The van der Waals surface area contributed by atoms with Crippen LogP contribution in [0.3, 0.4) is 0 Å². The number of sulfonamides is 1. The van der Waals surface area contributed by atoms with E-state index in [1.165, 1.54) is 0 Å². The van der Waals surface area contributed by atoms with Crippen molar-refractivity contribution in [1.29, 1.82) is 5.41 Å². The van der Waals surface area contributed by atoms with Crippen LogP contribution in [0.15, 0.2) is 90.0 Å². The molecule has 1 aliphatic heterocycles. The van der Waals surface area contributed by atoms with Crippen LogP contribution in [0.4, 0.5) is 0 Å². The summed E-state index contributed by atoms with van der Waals surface area (Å²) in [4.78, 5) is 18.7. The molecule has 6 N–H and O–H groups in total. The smallest absolute Gasteiger partial charge is 0.241 e. The van der Waals surface area contributed by atoms with Gasteiger partial charge in [-0.15, -0.1) is 12.4 Å². The summed E-state index contributed by atoms with van der Waals surface area (Å²) >= 11 is 0. The number of guanidine groups is 1. The van der Waals surface area contributed by atoms with Crippen molar-refractivity contribution < 1.29 is 13.2 Å².